The fourth-order valence-corrected chi connectivity index (χ4v) is 2.69. The van der Waals surface area contributed by atoms with E-state index in [1.54, 1.807) is 14.1 Å². The van der Waals surface area contributed by atoms with Gasteiger partial charge < -0.3 is 15.3 Å². The van der Waals surface area contributed by atoms with Gasteiger partial charge in [-0.15, -0.1) is 0 Å². The van der Waals surface area contributed by atoms with Crippen LogP contribution in [0.1, 0.15) is 36.0 Å². The van der Waals surface area contributed by atoms with Crippen LogP contribution >= 0.6 is 0 Å². The van der Waals surface area contributed by atoms with E-state index in [4.69, 9.17) is 0 Å². The minimum absolute atomic E-state index is 0.0338. The molecule has 0 aliphatic heterocycles. The molecule has 1 fully saturated rings. The largest absolute Gasteiger partial charge is 0.388 e. The highest BCUT2D eigenvalue weighted by atomic mass is 19.1. The molecule has 1 amide bonds. The number of aromatic nitrogens is 1. The Hall–Kier alpha value is -1.69. The zero-order chi connectivity index (χ0) is 14.8. The topological polar surface area (TPSA) is 65.5 Å². The van der Waals surface area contributed by atoms with Crippen molar-refractivity contribution in [2.75, 3.05) is 26.0 Å². The zero-order valence-electron chi connectivity index (χ0n) is 11.8. The standard InChI is InChI=1S/C14H20FN3O2/c1-16-12-11(15)10(5-8-17-12)13(19)18(2)9-14(20)6-3-4-7-14/h5,8,20H,3-4,6-7,9H2,1-2H3,(H,16,17). The Balaban J connectivity index is 2.14. The van der Waals surface area contributed by atoms with Crippen LogP contribution < -0.4 is 5.32 Å². The number of anilines is 1. The van der Waals surface area contributed by atoms with Crippen LogP contribution in [0.4, 0.5) is 10.2 Å². The SMILES string of the molecule is CNc1nccc(C(=O)N(C)CC2(O)CCCC2)c1F. The molecule has 1 aromatic heterocycles. The van der Waals surface area contributed by atoms with Gasteiger partial charge in [-0.3, -0.25) is 4.79 Å². The maximum absolute atomic E-state index is 14.1. The molecule has 5 nitrogen and oxygen atoms in total. The molecule has 1 aliphatic carbocycles. The van der Waals surface area contributed by atoms with E-state index in [0.29, 0.717) is 12.8 Å². The van der Waals surface area contributed by atoms with Crippen LogP contribution in [-0.4, -0.2) is 47.1 Å². The van der Waals surface area contributed by atoms with Crippen LogP contribution in [0.5, 0.6) is 0 Å². The molecular formula is C14H20FN3O2. The van der Waals surface area contributed by atoms with Crippen molar-refractivity contribution >= 4 is 11.7 Å². The number of nitrogens with zero attached hydrogens (tertiary/aromatic N) is 2. The van der Waals surface area contributed by atoms with Crippen molar-refractivity contribution in [1.82, 2.24) is 9.88 Å². The molecule has 0 bridgehead atoms. The third-order valence-electron chi connectivity index (χ3n) is 3.77. The highest BCUT2D eigenvalue weighted by molar-refractivity contribution is 5.95. The van der Waals surface area contributed by atoms with E-state index in [-0.39, 0.29) is 17.9 Å². The number of likely N-dealkylation sites (N-methyl/N-ethyl adjacent to an activating group) is 1. The molecule has 110 valence electrons. The molecule has 0 radical (unpaired) electrons. The number of aliphatic hydroxyl groups is 1. The fourth-order valence-electron chi connectivity index (χ4n) is 2.69. The number of carbonyl (C=O) groups is 1. The van der Waals surface area contributed by atoms with E-state index in [9.17, 15) is 14.3 Å². The normalized spacial score (nSPS) is 17.0. The van der Waals surface area contributed by atoms with Crippen LogP contribution in [0, 0.1) is 5.82 Å². The quantitative estimate of drug-likeness (QED) is 0.880. The second kappa shape index (κ2) is 5.75. The summed E-state index contributed by atoms with van der Waals surface area (Å²) in [7, 11) is 3.13. The van der Waals surface area contributed by atoms with Crippen molar-refractivity contribution < 1.29 is 14.3 Å². The summed E-state index contributed by atoms with van der Waals surface area (Å²) in [6.45, 7) is 0.225. The first-order valence-electron chi connectivity index (χ1n) is 6.77. The molecule has 0 saturated heterocycles. The molecule has 1 saturated carbocycles. The van der Waals surface area contributed by atoms with Crippen LogP contribution in [0.2, 0.25) is 0 Å². The van der Waals surface area contributed by atoms with Gasteiger partial charge in [-0.2, -0.15) is 0 Å². The predicted molar refractivity (Wildman–Crippen MR) is 74.1 cm³/mol. The number of pyridine rings is 1. The summed E-state index contributed by atoms with van der Waals surface area (Å²) in [5.74, 6) is -1.06. The van der Waals surface area contributed by atoms with Crippen molar-refractivity contribution in [2.24, 2.45) is 0 Å². The monoisotopic (exact) mass is 281 g/mol. The Morgan fingerprint density at radius 1 is 1.55 bits per heavy atom. The average Bonchev–Trinajstić information content (AvgIpc) is 2.84. The van der Waals surface area contributed by atoms with Gasteiger partial charge in [0.15, 0.2) is 11.6 Å². The zero-order valence-corrected chi connectivity index (χ0v) is 11.8. The molecule has 6 heteroatoms. The minimum atomic E-state index is -0.834. The number of rotatable bonds is 4. The van der Waals surface area contributed by atoms with Gasteiger partial charge in [-0.05, 0) is 18.9 Å². The summed E-state index contributed by atoms with van der Waals surface area (Å²) in [5, 5.41) is 12.9. The minimum Gasteiger partial charge on any atom is -0.388 e. The molecule has 1 aromatic rings. The maximum atomic E-state index is 14.1. The second-order valence-electron chi connectivity index (χ2n) is 5.36. The van der Waals surface area contributed by atoms with E-state index in [1.165, 1.54) is 17.2 Å². The Bertz CT molecular complexity index is 501. The van der Waals surface area contributed by atoms with Gasteiger partial charge in [0.25, 0.3) is 5.91 Å². The van der Waals surface area contributed by atoms with E-state index in [0.717, 1.165) is 12.8 Å². The second-order valence-corrected chi connectivity index (χ2v) is 5.36. The van der Waals surface area contributed by atoms with Crippen LogP contribution in [0.3, 0.4) is 0 Å². The number of nitrogens with one attached hydrogen (secondary N) is 1. The Morgan fingerprint density at radius 3 is 2.80 bits per heavy atom. The molecule has 0 atom stereocenters. The highest BCUT2D eigenvalue weighted by Crippen LogP contribution is 2.30. The van der Waals surface area contributed by atoms with E-state index >= 15 is 0 Å². The van der Waals surface area contributed by atoms with Crippen LogP contribution in [0.15, 0.2) is 12.3 Å². The first-order chi connectivity index (χ1) is 9.47. The summed E-state index contributed by atoms with van der Waals surface area (Å²) < 4.78 is 14.1. The van der Waals surface area contributed by atoms with E-state index < -0.39 is 17.3 Å². The third kappa shape index (κ3) is 2.90. The van der Waals surface area contributed by atoms with Gasteiger partial charge in [0.1, 0.15) is 0 Å². The molecular weight excluding hydrogens is 261 g/mol. The van der Waals surface area contributed by atoms with Crippen molar-refractivity contribution in [2.45, 2.75) is 31.3 Å². The molecule has 20 heavy (non-hydrogen) atoms. The summed E-state index contributed by atoms with van der Waals surface area (Å²) >= 11 is 0. The summed E-state index contributed by atoms with van der Waals surface area (Å²) in [5.41, 5.74) is -0.867. The maximum Gasteiger partial charge on any atom is 0.256 e. The lowest BCUT2D eigenvalue weighted by molar-refractivity contribution is 0.0155. The first-order valence-corrected chi connectivity index (χ1v) is 6.77. The van der Waals surface area contributed by atoms with Gasteiger partial charge in [-0.1, -0.05) is 12.8 Å². The number of hydrogen-bond donors (Lipinski definition) is 2. The van der Waals surface area contributed by atoms with E-state index in [2.05, 4.69) is 10.3 Å². The molecule has 0 spiro atoms. The number of halogens is 1. The summed E-state index contributed by atoms with van der Waals surface area (Å²) in [4.78, 5) is 17.5. The van der Waals surface area contributed by atoms with E-state index in [1.807, 2.05) is 0 Å². The first kappa shape index (κ1) is 14.7. The lowest BCUT2D eigenvalue weighted by atomic mass is 10.0. The molecule has 2 rings (SSSR count). The Labute approximate surface area is 117 Å². The lowest BCUT2D eigenvalue weighted by Gasteiger charge is -2.28. The van der Waals surface area contributed by atoms with Crippen molar-refractivity contribution in [3.63, 3.8) is 0 Å². The summed E-state index contributed by atoms with van der Waals surface area (Å²) in [6.07, 6.45) is 4.69. The Morgan fingerprint density at radius 2 is 2.20 bits per heavy atom. The number of carbonyl (C=O) groups excluding carboxylic acids is 1. The molecule has 1 heterocycles. The van der Waals surface area contributed by atoms with Gasteiger partial charge in [0.2, 0.25) is 0 Å². The van der Waals surface area contributed by atoms with Gasteiger partial charge >= 0.3 is 0 Å². The Kier molecular flexibility index (Phi) is 4.23. The average molecular weight is 281 g/mol. The van der Waals surface area contributed by atoms with Crippen molar-refractivity contribution in [3.8, 4) is 0 Å². The molecule has 1 aliphatic rings. The van der Waals surface area contributed by atoms with Gasteiger partial charge in [-0.25, -0.2) is 9.37 Å². The fraction of sp³-hybridized carbons (Fsp3) is 0.571. The van der Waals surface area contributed by atoms with Gasteiger partial charge in [0.05, 0.1) is 11.2 Å². The number of amides is 1. The number of hydrogen-bond acceptors (Lipinski definition) is 4. The third-order valence-corrected chi connectivity index (χ3v) is 3.77. The molecule has 0 unspecified atom stereocenters. The van der Waals surface area contributed by atoms with Gasteiger partial charge in [0, 0.05) is 26.8 Å². The van der Waals surface area contributed by atoms with Crippen LogP contribution in [-0.2, 0) is 0 Å². The smallest absolute Gasteiger partial charge is 0.256 e. The molecule has 2 N–H and O–H groups in total. The van der Waals surface area contributed by atoms with Crippen LogP contribution in [0.25, 0.3) is 0 Å². The highest BCUT2D eigenvalue weighted by Gasteiger charge is 2.34. The van der Waals surface area contributed by atoms with Crippen molar-refractivity contribution in [1.29, 1.82) is 0 Å². The lowest BCUT2D eigenvalue weighted by Crippen LogP contribution is -2.42. The van der Waals surface area contributed by atoms with Crippen molar-refractivity contribution in [3.05, 3.63) is 23.6 Å². The predicted octanol–water partition coefficient (Wildman–Crippen LogP) is 1.64. The molecule has 0 aromatic carbocycles. The summed E-state index contributed by atoms with van der Waals surface area (Å²) in [6, 6.07) is 1.35.